The molecule has 1 aromatic rings. The summed E-state index contributed by atoms with van der Waals surface area (Å²) in [4.78, 5) is 4.17. The molecule has 1 aliphatic carbocycles. The van der Waals surface area contributed by atoms with E-state index in [9.17, 15) is 4.39 Å². The zero-order valence-electron chi connectivity index (χ0n) is 12.1. The molecule has 0 unspecified atom stereocenters. The summed E-state index contributed by atoms with van der Waals surface area (Å²) in [6.45, 7) is 1.30. The fourth-order valence-corrected chi connectivity index (χ4v) is 2.37. The van der Waals surface area contributed by atoms with Gasteiger partial charge in [0.25, 0.3) is 0 Å². The van der Waals surface area contributed by atoms with E-state index >= 15 is 0 Å². The van der Waals surface area contributed by atoms with Gasteiger partial charge in [0.05, 0.1) is 6.61 Å². The molecule has 0 radical (unpaired) electrons. The molecule has 0 atom stereocenters. The third kappa shape index (κ3) is 3.64. The molecule has 2 aliphatic rings. The van der Waals surface area contributed by atoms with Gasteiger partial charge in [-0.2, -0.15) is 0 Å². The van der Waals surface area contributed by atoms with Crippen LogP contribution in [-0.2, 0) is 17.8 Å². The van der Waals surface area contributed by atoms with Crippen molar-refractivity contribution in [3.63, 3.8) is 0 Å². The summed E-state index contributed by atoms with van der Waals surface area (Å²) in [5.74, 6) is 1.31. The van der Waals surface area contributed by atoms with Crippen LogP contribution in [0.1, 0.15) is 24.0 Å². The minimum atomic E-state index is -0.252. The molecule has 114 valence electrons. The first-order chi connectivity index (χ1) is 10.3. The van der Waals surface area contributed by atoms with E-state index < -0.39 is 0 Å². The second-order valence-corrected chi connectivity index (χ2v) is 5.33. The molecule has 1 saturated carbocycles. The topological polar surface area (TPSA) is 54.9 Å². The van der Waals surface area contributed by atoms with Gasteiger partial charge in [-0.15, -0.1) is 0 Å². The molecule has 0 amide bonds. The van der Waals surface area contributed by atoms with Crippen LogP contribution >= 0.6 is 0 Å². The number of benzene rings is 1. The van der Waals surface area contributed by atoms with Crippen molar-refractivity contribution >= 4 is 5.96 Å². The standard InChI is InChI=1S/C15H20FN3O2/c1-17-15(19-13-2-3-13)18-5-4-10-6-12(16)7-11-8-20-9-21-14(10)11/h6-7,13H,2-5,8-9H2,1H3,(H2,17,18,19). The highest BCUT2D eigenvalue weighted by Crippen LogP contribution is 2.29. The van der Waals surface area contributed by atoms with Gasteiger partial charge in [0.2, 0.25) is 0 Å². The first-order valence-corrected chi connectivity index (χ1v) is 7.25. The number of rotatable bonds is 4. The van der Waals surface area contributed by atoms with Crippen LogP contribution < -0.4 is 15.4 Å². The quantitative estimate of drug-likeness (QED) is 0.653. The third-order valence-corrected chi connectivity index (χ3v) is 3.58. The number of aliphatic imine (C=N–C) groups is 1. The Labute approximate surface area is 123 Å². The van der Waals surface area contributed by atoms with E-state index in [0.717, 1.165) is 22.8 Å². The van der Waals surface area contributed by atoms with Crippen molar-refractivity contribution in [2.45, 2.75) is 31.9 Å². The molecule has 1 aromatic carbocycles. The van der Waals surface area contributed by atoms with Crippen LogP contribution in [0.15, 0.2) is 17.1 Å². The third-order valence-electron chi connectivity index (χ3n) is 3.58. The number of fused-ring (bicyclic) bond motifs is 1. The van der Waals surface area contributed by atoms with Crippen molar-refractivity contribution in [2.75, 3.05) is 20.4 Å². The Morgan fingerprint density at radius 2 is 2.29 bits per heavy atom. The SMILES string of the molecule is CN=C(NCCc1cc(F)cc2c1OCOC2)NC1CC1. The van der Waals surface area contributed by atoms with Crippen LogP contribution in [-0.4, -0.2) is 32.4 Å². The lowest BCUT2D eigenvalue weighted by atomic mass is 10.1. The summed E-state index contributed by atoms with van der Waals surface area (Å²) in [5.41, 5.74) is 1.64. The second-order valence-electron chi connectivity index (χ2n) is 5.33. The van der Waals surface area contributed by atoms with Crippen LogP contribution in [0.5, 0.6) is 5.75 Å². The monoisotopic (exact) mass is 293 g/mol. The predicted octanol–water partition coefficient (Wildman–Crippen LogP) is 1.56. The van der Waals surface area contributed by atoms with E-state index in [1.807, 2.05) is 0 Å². The Hall–Kier alpha value is -1.82. The molecule has 3 rings (SSSR count). The summed E-state index contributed by atoms with van der Waals surface area (Å²) in [6, 6.07) is 3.56. The molecule has 0 spiro atoms. The number of halogens is 1. The zero-order chi connectivity index (χ0) is 14.7. The summed E-state index contributed by atoms with van der Waals surface area (Å²) in [7, 11) is 1.75. The van der Waals surface area contributed by atoms with Gasteiger partial charge in [-0.1, -0.05) is 0 Å². The summed E-state index contributed by atoms with van der Waals surface area (Å²) in [6.07, 6.45) is 3.07. The number of ether oxygens (including phenoxy) is 2. The van der Waals surface area contributed by atoms with Gasteiger partial charge >= 0.3 is 0 Å². The van der Waals surface area contributed by atoms with Gasteiger partial charge in [-0.3, -0.25) is 4.99 Å². The number of nitrogens with one attached hydrogen (secondary N) is 2. The lowest BCUT2D eigenvalue weighted by Crippen LogP contribution is -2.39. The average Bonchev–Trinajstić information content (AvgIpc) is 3.30. The highest BCUT2D eigenvalue weighted by atomic mass is 19.1. The molecule has 0 bridgehead atoms. The van der Waals surface area contributed by atoms with Crippen molar-refractivity contribution in [3.05, 3.63) is 29.1 Å². The van der Waals surface area contributed by atoms with Gasteiger partial charge in [0, 0.05) is 25.2 Å². The van der Waals surface area contributed by atoms with E-state index in [0.29, 0.717) is 25.6 Å². The largest absolute Gasteiger partial charge is 0.467 e. The minimum absolute atomic E-state index is 0.226. The molecule has 1 fully saturated rings. The van der Waals surface area contributed by atoms with E-state index in [1.54, 1.807) is 7.05 Å². The lowest BCUT2D eigenvalue weighted by Gasteiger charge is -2.21. The maximum Gasteiger partial charge on any atom is 0.191 e. The van der Waals surface area contributed by atoms with Gasteiger partial charge in [-0.25, -0.2) is 4.39 Å². The maximum absolute atomic E-state index is 13.6. The van der Waals surface area contributed by atoms with E-state index in [-0.39, 0.29) is 12.6 Å². The molecular weight excluding hydrogens is 273 g/mol. The Morgan fingerprint density at radius 1 is 1.43 bits per heavy atom. The number of guanidine groups is 1. The van der Waals surface area contributed by atoms with Gasteiger partial charge in [0.15, 0.2) is 12.8 Å². The summed E-state index contributed by atoms with van der Waals surface area (Å²) in [5, 5.41) is 6.56. The van der Waals surface area contributed by atoms with Gasteiger partial charge < -0.3 is 20.1 Å². The van der Waals surface area contributed by atoms with Crippen molar-refractivity contribution in [3.8, 4) is 5.75 Å². The Bertz CT molecular complexity index is 544. The average molecular weight is 293 g/mol. The normalized spacial score (nSPS) is 17.9. The van der Waals surface area contributed by atoms with Crippen LogP contribution in [0.4, 0.5) is 4.39 Å². The Kier molecular flexibility index (Phi) is 4.24. The molecule has 1 aliphatic heterocycles. The van der Waals surface area contributed by atoms with Crippen molar-refractivity contribution in [2.24, 2.45) is 4.99 Å². The van der Waals surface area contributed by atoms with Crippen LogP contribution in [0.25, 0.3) is 0 Å². The van der Waals surface area contributed by atoms with Gasteiger partial charge in [0.1, 0.15) is 11.6 Å². The minimum Gasteiger partial charge on any atom is -0.467 e. The molecule has 0 aromatic heterocycles. The lowest BCUT2D eigenvalue weighted by molar-refractivity contribution is -0.0172. The molecule has 5 nitrogen and oxygen atoms in total. The van der Waals surface area contributed by atoms with Crippen LogP contribution in [0.2, 0.25) is 0 Å². The predicted molar refractivity (Wildman–Crippen MR) is 77.9 cm³/mol. The molecular formula is C15H20FN3O2. The first-order valence-electron chi connectivity index (χ1n) is 7.25. The van der Waals surface area contributed by atoms with Crippen molar-refractivity contribution in [1.29, 1.82) is 0 Å². The highest BCUT2D eigenvalue weighted by Gasteiger charge is 2.22. The second kappa shape index (κ2) is 6.30. The first kappa shape index (κ1) is 14.1. The summed E-state index contributed by atoms with van der Waals surface area (Å²) >= 11 is 0. The number of hydrogen-bond donors (Lipinski definition) is 2. The van der Waals surface area contributed by atoms with Crippen LogP contribution in [0, 0.1) is 5.82 Å². The van der Waals surface area contributed by atoms with E-state index in [1.165, 1.54) is 25.0 Å². The van der Waals surface area contributed by atoms with E-state index in [4.69, 9.17) is 9.47 Å². The maximum atomic E-state index is 13.6. The number of nitrogens with zero attached hydrogens (tertiary/aromatic N) is 1. The number of hydrogen-bond acceptors (Lipinski definition) is 3. The molecule has 1 heterocycles. The summed E-state index contributed by atoms with van der Waals surface area (Å²) < 4.78 is 24.3. The fraction of sp³-hybridized carbons (Fsp3) is 0.533. The van der Waals surface area contributed by atoms with Crippen molar-refractivity contribution < 1.29 is 13.9 Å². The molecule has 2 N–H and O–H groups in total. The van der Waals surface area contributed by atoms with Gasteiger partial charge in [-0.05, 0) is 37.0 Å². The molecule has 21 heavy (non-hydrogen) atoms. The zero-order valence-corrected chi connectivity index (χ0v) is 12.1. The smallest absolute Gasteiger partial charge is 0.191 e. The van der Waals surface area contributed by atoms with Crippen molar-refractivity contribution in [1.82, 2.24) is 10.6 Å². The fourth-order valence-electron chi connectivity index (χ4n) is 2.37. The molecule has 6 heteroatoms. The van der Waals surface area contributed by atoms with E-state index in [2.05, 4.69) is 15.6 Å². The molecule has 0 saturated heterocycles. The Balaban J connectivity index is 1.60. The highest BCUT2D eigenvalue weighted by molar-refractivity contribution is 5.80. The van der Waals surface area contributed by atoms with Crippen LogP contribution in [0.3, 0.4) is 0 Å². The Morgan fingerprint density at radius 3 is 3.05 bits per heavy atom.